The van der Waals surface area contributed by atoms with Gasteiger partial charge in [-0.1, -0.05) is 50.2 Å². The van der Waals surface area contributed by atoms with Gasteiger partial charge in [0, 0.05) is 0 Å². The van der Waals surface area contributed by atoms with Crippen molar-refractivity contribution in [2.45, 2.75) is 66.6 Å². The van der Waals surface area contributed by atoms with Gasteiger partial charge in [0.05, 0.1) is 36.2 Å². The Bertz CT molecular complexity index is 908. The molecule has 0 fully saturated rings. The van der Waals surface area contributed by atoms with E-state index in [2.05, 4.69) is 0 Å². The Hall–Kier alpha value is -3.68. The normalized spacial score (nSPS) is 13.4. The minimum absolute atomic E-state index is 0.321. The fourth-order valence-electron chi connectivity index (χ4n) is 3.67. The Balaban J connectivity index is 0.000000380. The highest BCUT2D eigenvalue weighted by atomic mass is 16.6. The molecule has 0 spiro atoms. The summed E-state index contributed by atoms with van der Waals surface area (Å²) in [6, 6.07) is 17.4. The van der Waals surface area contributed by atoms with Crippen molar-refractivity contribution < 1.29 is 38.1 Å². The molecule has 0 aromatic heterocycles. The molecule has 0 heterocycles. The molecule has 0 aliphatic rings. The maximum atomic E-state index is 11.9. The summed E-state index contributed by atoms with van der Waals surface area (Å²) in [6.45, 7) is 11.3. The lowest BCUT2D eigenvalue weighted by Gasteiger charge is -2.21. The smallest absolute Gasteiger partial charge is 0.338 e. The molecular formula is C30H40O8. The van der Waals surface area contributed by atoms with E-state index >= 15 is 0 Å². The van der Waals surface area contributed by atoms with Crippen LogP contribution in [0.1, 0.15) is 75.1 Å². The minimum atomic E-state index is -0.503. The molecule has 208 valence electrons. The van der Waals surface area contributed by atoms with Gasteiger partial charge in [-0.15, -0.1) is 0 Å². The van der Waals surface area contributed by atoms with Gasteiger partial charge in [0.2, 0.25) is 0 Å². The van der Waals surface area contributed by atoms with Crippen LogP contribution in [-0.4, -0.2) is 49.3 Å². The Morgan fingerprint density at radius 2 is 0.895 bits per heavy atom. The number of rotatable bonds is 12. The second kappa shape index (κ2) is 17.7. The molecule has 4 unspecified atom stereocenters. The first kappa shape index (κ1) is 32.3. The average molecular weight is 529 g/mol. The maximum Gasteiger partial charge on any atom is 0.338 e. The summed E-state index contributed by atoms with van der Waals surface area (Å²) < 4.78 is 20.6. The molecule has 2 rings (SSSR count). The monoisotopic (exact) mass is 528 g/mol. The lowest BCUT2D eigenvalue weighted by molar-refractivity contribution is -0.153. The molecule has 0 aliphatic carbocycles. The Labute approximate surface area is 225 Å². The van der Waals surface area contributed by atoms with E-state index in [1.165, 1.54) is 0 Å². The minimum Gasteiger partial charge on any atom is -0.466 e. The highest BCUT2D eigenvalue weighted by Crippen LogP contribution is 2.17. The van der Waals surface area contributed by atoms with Crippen LogP contribution < -0.4 is 0 Å². The van der Waals surface area contributed by atoms with Gasteiger partial charge in [-0.05, 0) is 64.8 Å². The van der Waals surface area contributed by atoms with Crippen molar-refractivity contribution in [2.75, 3.05) is 13.2 Å². The zero-order chi connectivity index (χ0) is 28.5. The lowest BCUT2D eigenvalue weighted by Crippen LogP contribution is -2.31. The zero-order valence-electron chi connectivity index (χ0n) is 23.2. The van der Waals surface area contributed by atoms with Gasteiger partial charge >= 0.3 is 23.9 Å². The van der Waals surface area contributed by atoms with Gasteiger partial charge in [-0.3, -0.25) is 9.59 Å². The number of hydrogen-bond donors (Lipinski definition) is 0. The number of carbonyl (C=O) groups excluding carboxylic acids is 4. The van der Waals surface area contributed by atoms with Crippen LogP contribution in [0.2, 0.25) is 0 Å². The van der Waals surface area contributed by atoms with Crippen molar-refractivity contribution in [3.05, 3.63) is 71.8 Å². The summed E-state index contributed by atoms with van der Waals surface area (Å²) in [7, 11) is 0. The number of esters is 4. The Morgan fingerprint density at radius 3 is 1.16 bits per heavy atom. The van der Waals surface area contributed by atoms with Gasteiger partial charge in [0.25, 0.3) is 0 Å². The third kappa shape index (κ3) is 10.7. The standard InChI is InChI=1S/2C15H20O4/c2*1-4-13(15(17)18-5-2)11(3)19-14(16)12-9-7-6-8-10-12/h2*6-11,13H,4-5H2,1-3H3. The van der Waals surface area contributed by atoms with E-state index in [0.717, 1.165) is 0 Å². The molecule has 0 aliphatic heterocycles. The first-order valence-corrected chi connectivity index (χ1v) is 13.0. The number of benzene rings is 2. The topological polar surface area (TPSA) is 105 Å². The second-order valence-electron chi connectivity index (χ2n) is 8.49. The van der Waals surface area contributed by atoms with Crippen LogP contribution in [0.25, 0.3) is 0 Å². The van der Waals surface area contributed by atoms with Crippen LogP contribution in [-0.2, 0) is 28.5 Å². The fourth-order valence-corrected chi connectivity index (χ4v) is 3.67. The van der Waals surface area contributed by atoms with Crippen molar-refractivity contribution in [2.24, 2.45) is 11.8 Å². The predicted molar refractivity (Wildman–Crippen MR) is 143 cm³/mol. The van der Waals surface area contributed by atoms with Gasteiger partial charge in [-0.2, -0.15) is 0 Å². The Morgan fingerprint density at radius 1 is 0.579 bits per heavy atom. The van der Waals surface area contributed by atoms with Gasteiger partial charge in [0.1, 0.15) is 12.2 Å². The summed E-state index contributed by atoms with van der Waals surface area (Å²) in [4.78, 5) is 47.2. The van der Waals surface area contributed by atoms with E-state index in [-0.39, 0.29) is 11.9 Å². The molecule has 8 heteroatoms. The molecule has 0 bridgehead atoms. The molecule has 8 nitrogen and oxygen atoms in total. The fraction of sp³-hybridized carbons (Fsp3) is 0.467. The van der Waals surface area contributed by atoms with Crippen LogP contribution in [0.15, 0.2) is 60.7 Å². The molecule has 0 N–H and O–H groups in total. The molecule has 0 saturated heterocycles. The molecule has 2 aromatic carbocycles. The van der Waals surface area contributed by atoms with Crippen molar-refractivity contribution in [3.8, 4) is 0 Å². The number of ether oxygens (including phenoxy) is 4. The van der Waals surface area contributed by atoms with Gasteiger partial charge in [-0.25, -0.2) is 9.59 Å². The summed E-state index contributed by atoms with van der Waals surface area (Å²) >= 11 is 0. The molecule has 0 radical (unpaired) electrons. The first-order chi connectivity index (χ1) is 18.2. The summed E-state index contributed by atoms with van der Waals surface area (Å²) in [6.07, 6.45) is 0.137. The van der Waals surface area contributed by atoms with Gasteiger partial charge in [0.15, 0.2) is 0 Å². The van der Waals surface area contributed by atoms with Crippen LogP contribution in [0.5, 0.6) is 0 Å². The van der Waals surface area contributed by atoms with E-state index in [1.54, 1.807) is 76.2 Å². The van der Waals surface area contributed by atoms with Crippen molar-refractivity contribution in [1.29, 1.82) is 0 Å². The van der Waals surface area contributed by atoms with Crippen LogP contribution in [0.4, 0.5) is 0 Å². The van der Waals surface area contributed by atoms with E-state index in [9.17, 15) is 19.2 Å². The maximum absolute atomic E-state index is 11.9. The summed E-state index contributed by atoms with van der Waals surface area (Å²) in [5.74, 6) is -2.33. The van der Waals surface area contributed by atoms with Crippen molar-refractivity contribution >= 4 is 23.9 Å². The molecule has 2 aromatic rings. The number of hydrogen-bond acceptors (Lipinski definition) is 8. The van der Waals surface area contributed by atoms with E-state index in [4.69, 9.17) is 18.9 Å². The van der Waals surface area contributed by atoms with Crippen LogP contribution in [0, 0.1) is 11.8 Å². The zero-order valence-corrected chi connectivity index (χ0v) is 23.2. The first-order valence-electron chi connectivity index (χ1n) is 13.0. The van der Waals surface area contributed by atoms with E-state index < -0.39 is 36.0 Å². The quantitative estimate of drug-likeness (QED) is 0.257. The largest absolute Gasteiger partial charge is 0.466 e. The lowest BCUT2D eigenvalue weighted by atomic mass is 10.0. The van der Waals surface area contributed by atoms with E-state index in [1.807, 2.05) is 26.0 Å². The van der Waals surface area contributed by atoms with Crippen molar-refractivity contribution in [1.82, 2.24) is 0 Å². The molecule has 0 amide bonds. The predicted octanol–water partition coefficient (Wildman–Crippen LogP) is 5.64. The highest BCUT2D eigenvalue weighted by Gasteiger charge is 2.29. The second-order valence-corrected chi connectivity index (χ2v) is 8.49. The van der Waals surface area contributed by atoms with Gasteiger partial charge < -0.3 is 18.9 Å². The highest BCUT2D eigenvalue weighted by molar-refractivity contribution is 5.90. The number of carbonyl (C=O) groups is 4. The van der Waals surface area contributed by atoms with Crippen LogP contribution >= 0.6 is 0 Å². The molecule has 4 atom stereocenters. The Kier molecular flexibility index (Phi) is 15.1. The summed E-state index contributed by atoms with van der Waals surface area (Å²) in [5.41, 5.74) is 0.959. The van der Waals surface area contributed by atoms with Crippen LogP contribution in [0.3, 0.4) is 0 Å². The summed E-state index contributed by atoms with van der Waals surface area (Å²) in [5, 5.41) is 0. The van der Waals surface area contributed by atoms with Crippen molar-refractivity contribution in [3.63, 3.8) is 0 Å². The SMILES string of the molecule is CCOC(=O)C(CC)C(C)OC(=O)c1ccccc1.CCOC(=O)C(CC)C(C)OC(=O)c1ccccc1. The average Bonchev–Trinajstić information content (AvgIpc) is 2.91. The molecule has 0 saturated carbocycles. The van der Waals surface area contributed by atoms with E-state index in [0.29, 0.717) is 37.2 Å². The molecular weight excluding hydrogens is 488 g/mol. The third-order valence-electron chi connectivity index (χ3n) is 5.80. The third-order valence-corrected chi connectivity index (χ3v) is 5.80. The molecule has 38 heavy (non-hydrogen) atoms.